The van der Waals surface area contributed by atoms with E-state index in [1.165, 1.54) is 0 Å². The van der Waals surface area contributed by atoms with Gasteiger partial charge in [0.05, 0.1) is 18.4 Å². The number of esters is 1. The summed E-state index contributed by atoms with van der Waals surface area (Å²) in [7, 11) is 0. The Kier molecular flexibility index (Phi) is 7.42. The predicted octanol–water partition coefficient (Wildman–Crippen LogP) is 1.77. The summed E-state index contributed by atoms with van der Waals surface area (Å²) in [5.74, 6) is -1.27. The van der Waals surface area contributed by atoms with Gasteiger partial charge in [-0.3, -0.25) is 14.4 Å². The number of likely N-dealkylation sites (tertiary alicyclic amines) is 1. The average molecular weight is 378 g/mol. The van der Waals surface area contributed by atoms with E-state index in [2.05, 4.69) is 5.32 Å². The summed E-state index contributed by atoms with van der Waals surface area (Å²) in [5.41, 5.74) is 0.560. The Bertz CT molecular complexity index is 691. The van der Waals surface area contributed by atoms with Crippen molar-refractivity contribution >= 4 is 29.4 Å². The van der Waals surface area contributed by atoms with Crippen LogP contribution in [-0.4, -0.2) is 48.9 Å². The summed E-state index contributed by atoms with van der Waals surface area (Å²) >= 11 is 5.82. The van der Waals surface area contributed by atoms with Crippen molar-refractivity contribution in [3.05, 3.63) is 34.9 Å². The zero-order valence-corrected chi connectivity index (χ0v) is 15.0. The van der Waals surface area contributed by atoms with Gasteiger partial charge in [-0.1, -0.05) is 11.6 Å². The lowest BCUT2D eigenvalue weighted by Gasteiger charge is -2.31. The van der Waals surface area contributed by atoms with Crippen LogP contribution in [0, 0.1) is 17.2 Å². The Morgan fingerprint density at radius 1 is 1.23 bits per heavy atom. The van der Waals surface area contributed by atoms with Gasteiger partial charge in [-0.25, -0.2) is 0 Å². The fourth-order valence-corrected chi connectivity index (χ4v) is 2.78. The number of piperidine rings is 1. The maximum Gasteiger partial charge on any atom is 0.309 e. The summed E-state index contributed by atoms with van der Waals surface area (Å²) < 4.78 is 5.02. The molecule has 1 aliphatic rings. The van der Waals surface area contributed by atoms with E-state index in [1.807, 2.05) is 6.07 Å². The lowest BCUT2D eigenvalue weighted by Crippen LogP contribution is -2.41. The molecule has 1 heterocycles. The van der Waals surface area contributed by atoms with Crippen LogP contribution in [0.1, 0.15) is 29.6 Å². The second-order valence-corrected chi connectivity index (χ2v) is 6.38. The van der Waals surface area contributed by atoms with Crippen LogP contribution in [0.2, 0.25) is 5.02 Å². The van der Waals surface area contributed by atoms with E-state index in [1.54, 1.807) is 29.2 Å². The monoisotopic (exact) mass is 377 g/mol. The molecule has 1 fully saturated rings. The normalized spacial score (nSPS) is 14.4. The highest BCUT2D eigenvalue weighted by Gasteiger charge is 2.29. The number of carbonyl (C=O) groups is 3. The largest absolute Gasteiger partial charge is 0.455 e. The SMILES string of the molecule is N#CCCNC(=O)COC(=O)C1CCN(C(=O)c2ccc(Cl)cc2)CC1. The van der Waals surface area contributed by atoms with Crippen molar-refractivity contribution in [2.24, 2.45) is 5.92 Å². The van der Waals surface area contributed by atoms with Crippen molar-refractivity contribution in [1.29, 1.82) is 5.26 Å². The van der Waals surface area contributed by atoms with E-state index in [0.717, 1.165) is 0 Å². The second-order valence-electron chi connectivity index (χ2n) is 5.94. The first-order valence-corrected chi connectivity index (χ1v) is 8.74. The Hall–Kier alpha value is -2.59. The fraction of sp³-hybridized carbons (Fsp3) is 0.444. The lowest BCUT2D eigenvalue weighted by atomic mass is 9.96. The maximum atomic E-state index is 12.4. The molecular weight excluding hydrogens is 358 g/mol. The fourth-order valence-electron chi connectivity index (χ4n) is 2.66. The standard InChI is InChI=1S/C18H20ClN3O4/c19-15-4-2-13(3-5-15)17(24)22-10-6-14(7-11-22)18(25)26-12-16(23)21-9-1-8-20/h2-5,14H,1,6-7,9-12H2,(H,21,23). The van der Waals surface area contributed by atoms with Crippen LogP contribution < -0.4 is 5.32 Å². The van der Waals surface area contributed by atoms with E-state index in [-0.39, 0.29) is 31.4 Å². The molecule has 2 amide bonds. The van der Waals surface area contributed by atoms with Crippen molar-refractivity contribution in [2.45, 2.75) is 19.3 Å². The zero-order chi connectivity index (χ0) is 18.9. The zero-order valence-electron chi connectivity index (χ0n) is 14.2. The third kappa shape index (κ3) is 5.74. The highest BCUT2D eigenvalue weighted by atomic mass is 35.5. The second kappa shape index (κ2) is 9.78. The van der Waals surface area contributed by atoms with Gasteiger partial charge in [0.2, 0.25) is 0 Å². The van der Waals surface area contributed by atoms with E-state index in [4.69, 9.17) is 21.6 Å². The molecular formula is C18H20ClN3O4. The summed E-state index contributed by atoms with van der Waals surface area (Å²) in [6.45, 7) is 0.789. The van der Waals surface area contributed by atoms with Gasteiger partial charge in [-0.05, 0) is 37.1 Å². The van der Waals surface area contributed by atoms with Crippen molar-refractivity contribution in [3.63, 3.8) is 0 Å². The van der Waals surface area contributed by atoms with Crippen LogP contribution >= 0.6 is 11.6 Å². The van der Waals surface area contributed by atoms with Gasteiger partial charge in [0.1, 0.15) is 0 Å². The quantitative estimate of drug-likeness (QED) is 0.601. The number of amides is 2. The number of halogens is 1. The number of benzene rings is 1. The molecule has 1 aliphatic heterocycles. The summed E-state index contributed by atoms with van der Waals surface area (Å²) in [6.07, 6.45) is 1.20. The van der Waals surface area contributed by atoms with Crippen molar-refractivity contribution in [2.75, 3.05) is 26.2 Å². The molecule has 0 spiro atoms. The minimum atomic E-state index is -0.431. The van der Waals surface area contributed by atoms with Crippen LogP contribution in [0.5, 0.6) is 0 Å². The van der Waals surface area contributed by atoms with E-state index in [0.29, 0.717) is 36.5 Å². The van der Waals surface area contributed by atoms with Gasteiger partial charge in [0.25, 0.3) is 11.8 Å². The third-order valence-electron chi connectivity index (χ3n) is 4.11. The predicted molar refractivity (Wildman–Crippen MR) is 94.3 cm³/mol. The molecule has 0 aliphatic carbocycles. The molecule has 0 radical (unpaired) electrons. The maximum absolute atomic E-state index is 12.4. The smallest absolute Gasteiger partial charge is 0.309 e. The first kappa shape index (κ1) is 19.7. The molecule has 0 unspecified atom stereocenters. The molecule has 138 valence electrons. The van der Waals surface area contributed by atoms with Crippen molar-refractivity contribution < 1.29 is 19.1 Å². The third-order valence-corrected chi connectivity index (χ3v) is 4.36. The Labute approximate surface area is 156 Å². The van der Waals surface area contributed by atoms with Gasteiger partial charge in [-0.15, -0.1) is 0 Å². The van der Waals surface area contributed by atoms with Crippen molar-refractivity contribution in [3.8, 4) is 6.07 Å². The molecule has 1 saturated heterocycles. The number of nitriles is 1. The van der Waals surface area contributed by atoms with Crippen LogP contribution in [0.15, 0.2) is 24.3 Å². The first-order chi connectivity index (χ1) is 12.5. The Morgan fingerprint density at radius 2 is 1.88 bits per heavy atom. The van der Waals surface area contributed by atoms with E-state index < -0.39 is 11.9 Å². The molecule has 1 aromatic rings. The van der Waals surface area contributed by atoms with Gasteiger partial charge < -0.3 is 15.0 Å². The molecule has 2 rings (SSSR count). The highest BCUT2D eigenvalue weighted by Crippen LogP contribution is 2.21. The van der Waals surface area contributed by atoms with E-state index >= 15 is 0 Å². The number of nitrogens with one attached hydrogen (secondary N) is 1. The minimum Gasteiger partial charge on any atom is -0.455 e. The summed E-state index contributed by atoms with van der Waals surface area (Å²) in [6, 6.07) is 8.59. The van der Waals surface area contributed by atoms with E-state index in [9.17, 15) is 14.4 Å². The van der Waals surface area contributed by atoms with Crippen LogP contribution in [0.4, 0.5) is 0 Å². The van der Waals surface area contributed by atoms with Gasteiger partial charge in [-0.2, -0.15) is 5.26 Å². The molecule has 0 saturated carbocycles. The number of nitrogens with zero attached hydrogens (tertiary/aromatic N) is 2. The Morgan fingerprint density at radius 3 is 2.50 bits per heavy atom. The average Bonchev–Trinajstić information content (AvgIpc) is 2.66. The minimum absolute atomic E-state index is 0.0923. The molecule has 7 nitrogen and oxygen atoms in total. The highest BCUT2D eigenvalue weighted by molar-refractivity contribution is 6.30. The molecule has 1 aromatic carbocycles. The van der Waals surface area contributed by atoms with Crippen molar-refractivity contribution in [1.82, 2.24) is 10.2 Å². The van der Waals surface area contributed by atoms with Gasteiger partial charge in [0.15, 0.2) is 6.61 Å². The van der Waals surface area contributed by atoms with Crippen LogP contribution in [0.3, 0.4) is 0 Å². The molecule has 26 heavy (non-hydrogen) atoms. The number of ether oxygens (including phenoxy) is 1. The molecule has 0 atom stereocenters. The molecule has 0 bridgehead atoms. The topological polar surface area (TPSA) is 99.5 Å². The number of carbonyl (C=O) groups excluding carboxylic acids is 3. The lowest BCUT2D eigenvalue weighted by molar-refractivity contribution is -0.153. The summed E-state index contributed by atoms with van der Waals surface area (Å²) in [4.78, 5) is 37.6. The number of hydrogen-bond donors (Lipinski definition) is 1. The number of rotatable bonds is 6. The summed E-state index contributed by atoms with van der Waals surface area (Å²) in [5, 5.41) is 11.4. The molecule has 8 heteroatoms. The van der Waals surface area contributed by atoms with Crippen LogP contribution in [-0.2, 0) is 14.3 Å². The molecule has 0 aromatic heterocycles. The van der Waals surface area contributed by atoms with Gasteiger partial charge in [0, 0.05) is 30.2 Å². The number of hydrogen-bond acceptors (Lipinski definition) is 5. The first-order valence-electron chi connectivity index (χ1n) is 8.36. The van der Waals surface area contributed by atoms with Crippen LogP contribution in [0.25, 0.3) is 0 Å². The molecule has 1 N–H and O–H groups in total. The Balaban J connectivity index is 1.74. The van der Waals surface area contributed by atoms with Gasteiger partial charge >= 0.3 is 5.97 Å².